The molecule has 1 fully saturated rings. The number of halogens is 2. The van der Waals surface area contributed by atoms with Crippen LogP contribution in [0.15, 0.2) is 48.5 Å². The van der Waals surface area contributed by atoms with E-state index in [1.54, 1.807) is 4.90 Å². The van der Waals surface area contributed by atoms with Crippen molar-refractivity contribution in [1.29, 1.82) is 0 Å². The largest absolute Gasteiger partial charge is 0.368 e. The molecule has 1 aliphatic rings. The summed E-state index contributed by atoms with van der Waals surface area (Å²) in [5.41, 5.74) is 1.52. The Hall–Kier alpha value is -2.07. The molecule has 0 aromatic heterocycles. The summed E-state index contributed by atoms with van der Waals surface area (Å²) in [5, 5.41) is 0.162. The Labute approximate surface area is 133 Å². The van der Waals surface area contributed by atoms with E-state index in [1.165, 1.54) is 18.2 Å². The van der Waals surface area contributed by atoms with Crippen molar-refractivity contribution in [2.45, 2.75) is 0 Å². The van der Waals surface area contributed by atoms with Crippen molar-refractivity contribution in [1.82, 2.24) is 4.90 Å². The molecule has 2 aromatic carbocycles. The zero-order valence-corrected chi connectivity index (χ0v) is 12.8. The lowest BCUT2D eigenvalue weighted by atomic mass is 10.1. The van der Waals surface area contributed by atoms with Crippen LogP contribution in [-0.2, 0) is 0 Å². The summed E-state index contributed by atoms with van der Waals surface area (Å²) in [7, 11) is 0. The molecule has 3 nitrogen and oxygen atoms in total. The highest BCUT2D eigenvalue weighted by atomic mass is 35.5. The van der Waals surface area contributed by atoms with Gasteiger partial charge in [0.05, 0.1) is 10.6 Å². The number of hydrogen-bond donors (Lipinski definition) is 0. The number of carbonyl (C=O) groups is 1. The number of carbonyl (C=O) groups excluding carboxylic acids is 1. The first kappa shape index (κ1) is 14.9. The molecule has 114 valence electrons. The van der Waals surface area contributed by atoms with Gasteiger partial charge in [0.1, 0.15) is 5.82 Å². The molecule has 0 bridgehead atoms. The van der Waals surface area contributed by atoms with Crippen LogP contribution in [0.4, 0.5) is 10.1 Å². The second-order valence-electron chi connectivity index (χ2n) is 5.24. The average Bonchev–Trinajstić information content (AvgIpc) is 2.55. The van der Waals surface area contributed by atoms with Gasteiger partial charge < -0.3 is 9.80 Å². The summed E-state index contributed by atoms with van der Waals surface area (Å²) < 4.78 is 13.1. The molecule has 22 heavy (non-hydrogen) atoms. The fraction of sp³-hybridized carbons (Fsp3) is 0.235. The second-order valence-corrected chi connectivity index (χ2v) is 5.65. The predicted molar refractivity (Wildman–Crippen MR) is 86.0 cm³/mol. The number of piperazine rings is 1. The van der Waals surface area contributed by atoms with Gasteiger partial charge in [-0.1, -0.05) is 29.8 Å². The fourth-order valence-corrected chi connectivity index (χ4v) is 2.89. The fourth-order valence-electron chi connectivity index (χ4n) is 2.64. The number of para-hydroxylation sites is 1. The van der Waals surface area contributed by atoms with E-state index < -0.39 is 5.82 Å². The maximum Gasteiger partial charge on any atom is 0.255 e. The molecule has 1 saturated heterocycles. The van der Waals surface area contributed by atoms with E-state index in [1.807, 2.05) is 18.2 Å². The number of anilines is 1. The minimum Gasteiger partial charge on any atom is -0.368 e. The molecule has 1 amide bonds. The summed E-state index contributed by atoms with van der Waals surface area (Å²) in [4.78, 5) is 16.5. The third-order valence-corrected chi connectivity index (χ3v) is 4.16. The zero-order valence-electron chi connectivity index (χ0n) is 12.0. The van der Waals surface area contributed by atoms with Gasteiger partial charge in [0, 0.05) is 31.9 Å². The van der Waals surface area contributed by atoms with Crippen LogP contribution in [0.2, 0.25) is 5.02 Å². The molecule has 1 aliphatic heterocycles. The van der Waals surface area contributed by atoms with E-state index in [-0.39, 0.29) is 10.9 Å². The van der Waals surface area contributed by atoms with Crippen LogP contribution in [0.5, 0.6) is 0 Å². The number of benzene rings is 2. The lowest BCUT2D eigenvalue weighted by molar-refractivity contribution is 0.0747. The molecule has 2 aromatic rings. The van der Waals surface area contributed by atoms with E-state index in [9.17, 15) is 9.18 Å². The summed E-state index contributed by atoms with van der Waals surface area (Å²) in [6, 6.07) is 14.0. The van der Waals surface area contributed by atoms with Gasteiger partial charge >= 0.3 is 0 Å². The Morgan fingerprint density at radius 3 is 2.32 bits per heavy atom. The standard InChI is InChI=1S/C17H16ClFN2O/c18-16-12-13(19)6-7-15(16)17(22)21-10-8-20(9-11-21)14-4-2-1-3-5-14/h1-7,12H,8-11H2. The Bertz CT molecular complexity index is 670. The van der Waals surface area contributed by atoms with Gasteiger partial charge in [-0.25, -0.2) is 4.39 Å². The molecule has 5 heteroatoms. The second kappa shape index (κ2) is 6.36. The summed E-state index contributed by atoms with van der Waals surface area (Å²) in [5.74, 6) is -0.576. The minimum atomic E-state index is -0.435. The molecule has 0 spiro atoms. The smallest absolute Gasteiger partial charge is 0.255 e. The number of hydrogen-bond acceptors (Lipinski definition) is 2. The molecule has 0 saturated carbocycles. The van der Waals surface area contributed by atoms with Crippen molar-refractivity contribution in [3.05, 3.63) is 64.9 Å². The van der Waals surface area contributed by atoms with Gasteiger partial charge in [-0.05, 0) is 30.3 Å². The van der Waals surface area contributed by atoms with Crippen molar-refractivity contribution in [3.63, 3.8) is 0 Å². The number of nitrogens with zero attached hydrogens (tertiary/aromatic N) is 2. The highest BCUT2D eigenvalue weighted by Gasteiger charge is 2.23. The van der Waals surface area contributed by atoms with E-state index in [0.717, 1.165) is 18.8 Å². The van der Waals surface area contributed by atoms with Crippen molar-refractivity contribution in [3.8, 4) is 0 Å². The van der Waals surface area contributed by atoms with Gasteiger partial charge in [0.2, 0.25) is 0 Å². The third kappa shape index (κ3) is 3.07. The molecule has 0 atom stereocenters. The SMILES string of the molecule is O=C(c1ccc(F)cc1Cl)N1CCN(c2ccccc2)CC1. The molecule has 0 radical (unpaired) electrons. The summed E-state index contributed by atoms with van der Waals surface area (Å²) in [6.45, 7) is 2.80. The third-order valence-electron chi connectivity index (χ3n) is 3.85. The van der Waals surface area contributed by atoms with E-state index in [0.29, 0.717) is 18.7 Å². The van der Waals surface area contributed by atoms with E-state index >= 15 is 0 Å². The van der Waals surface area contributed by atoms with Crippen LogP contribution in [-0.4, -0.2) is 37.0 Å². The van der Waals surface area contributed by atoms with Gasteiger partial charge in [-0.15, -0.1) is 0 Å². The van der Waals surface area contributed by atoms with Crippen LogP contribution in [0.1, 0.15) is 10.4 Å². The van der Waals surface area contributed by atoms with Crippen LogP contribution in [0.25, 0.3) is 0 Å². The van der Waals surface area contributed by atoms with Crippen molar-refractivity contribution < 1.29 is 9.18 Å². The van der Waals surface area contributed by atoms with E-state index in [2.05, 4.69) is 17.0 Å². The molecule has 0 unspecified atom stereocenters. The maximum atomic E-state index is 13.1. The first-order valence-corrected chi connectivity index (χ1v) is 7.57. The zero-order chi connectivity index (χ0) is 15.5. The predicted octanol–water partition coefficient (Wildman–Crippen LogP) is 3.44. The average molecular weight is 319 g/mol. The summed E-state index contributed by atoms with van der Waals surface area (Å²) >= 11 is 5.97. The monoisotopic (exact) mass is 318 g/mol. The van der Waals surface area contributed by atoms with Gasteiger partial charge in [-0.3, -0.25) is 4.79 Å². The van der Waals surface area contributed by atoms with Gasteiger partial charge in [0.15, 0.2) is 0 Å². The van der Waals surface area contributed by atoms with Crippen LogP contribution in [0, 0.1) is 5.82 Å². The van der Waals surface area contributed by atoms with Gasteiger partial charge in [0.25, 0.3) is 5.91 Å². The van der Waals surface area contributed by atoms with Crippen molar-refractivity contribution in [2.75, 3.05) is 31.1 Å². The first-order valence-electron chi connectivity index (χ1n) is 7.19. The highest BCUT2D eigenvalue weighted by Crippen LogP contribution is 2.21. The Morgan fingerprint density at radius 1 is 1.00 bits per heavy atom. The molecular weight excluding hydrogens is 303 g/mol. The Morgan fingerprint density at radius 2 is 1.68 bits per heavy atom. The number of rotatable bonds is 2. The van der Waals surface area contributed by atoms with Crippen LogP contribution in [0.3, 0.4) is 0 Å². The molecule has 0 aliphatic carbocycles. The minimum absolute atomic E-state index is 0.141. The Kier molecular flexibility index (Phi) is 4.29. The molecule has 1 heterocycles. The molecule has 0 N–H and O–H groups in total. The molecular formula is C17H16ClFN2O. The van der Waals surface area contributed by atoms with Crippen LogP contribution >= 0.6 is 11.6 Å². The van der Waals surface area contributed by atoms with Gasteiger partial charge in [-0.2, -0.15) is 0 Å². The number of amides is 1. The lowest BCUT2D eigenvalue weighted by Gasteiger charge is -2.36. The van der Waals surface area contributed by atoms with Crippen molar-refractivity contribution in [2.24, 2.45) is 0 Å². The normalized spacial score (nSPS) is 15.0. The lowest BCUT2D eigenvalue weighted by Crippen LogP contribution is -2.48. The quantitative estimate of drug-likeness (QED) is 0.847. The van der Waals surface area contributed by atoms with Crippen LogP contribution < -0.4 is 4.90 Å². The first-order chi connectivity index (χ1) is 10.6. The highest BCUT2D eigenvalue weighted by molar-refractivity contribution is 6.33. The van der Waals surface area contributed by atoms with E-state index in [4.69, 9.17) is 11.6 Å². The Balaban J connectivity index is 1.67. The molecule has 3 rings (SSSR count). The topological polar surface area (TPSA) is 23.6 Å². The summed E-state index contributed by atoms with van der Waals surface area (Å²) in [6.07, 6.45) is 0. The maximum absolute atomic E-state index is 13.1. The van der Waals surface area contributed by atoms with Crippen molar-refractivity contribution >= 4 is 23.2 Å².